The quantitative estimate of drug-likeness (QED) is 0.679. The smallest absolute Gasteiger partial charge is 0.256 e. The maximum absolute atomic E-state index is 12.6. The zero-order valence-corrected chi connectivity index (χ0v) is 15.2. The molecule has 0 fully saturated rings. The van der Waals surface area contributed by atoms with E-state index >= 15 is 0 Å². The minimum atomic E-state index is -0.782. The Balaban J connectivity index is 2.79. The van der Waals surface area contributed by atoms with Crippen LogP contribution in [-0.4, -0.2) is 24.7 Å². The molecule has 4 nitrogen and oxygen atoms in total. The van der Waals surface area contributed by atoms with Gasteiger partial charge in [0.25, 0.3) is 5.91 Å². The Morgan fingerprint density at radius 1 is 1.22 bits per heavy atom. The lowest BCUT2D eigenvalue weighted by Crippen LogP contribution is -2.42. The van der Waals surface area contributed by atoms with Gasteiger partial charge < -0.3 is 14.8 Å². The molecular formula is C19H31NO3. The third-order valence-electron chi connectivity index (χ3n) is 3.85. The number of carbonyl (C=O) groups excluding carboxylic acids is 1. The second kappa shape index (κ2) is 9.56. The maximum Gasteiger partial charge on any atom is 0.256 e. The van der Waals surface area contributed by atoms with Crippen molar-refractivity contribution >= 4 is 11.6 Å². The van der Waals surface area contributed by atoms with Crippen molar-refractivity contribution in [1.29, 1.82) is 0 Å². The Bertz CT molecular complexity index is 501. The van der Waals surface area contributed by atoms with Crippen molar-refractivity contribution in [3.05, 3.63) is 23.8 Å². The number of hydrogen-bond acceptors (Lipinski definition) is 3. The van der Waals surface area contributed by atoms with Gasteiger partial charge in [-0.15, -0.1) is 0 Å². The number of carbonyl (C=O) groups is 1. The largest absolute Gasteiger partial charge is 0.493 e. The van der Waals surface area contributed by atoms with Gasteiger partial charge in [0, 0.05) is 12.3 Å². The van der Waals surface area contributed by atoms with Gasteiger partial charge in [0.2, 0.25) is 0 Å². The summed E-state index contributed by atoms with van der Waals surface area (Å²) in [5, 5.41) is 2.98. The molecule has 1 aromatic carbocycles. The van der Waals surface area contributed by atoms with E-state index in [2.05, 4.69) is 19.2 Å². The fourth-order valence-corrected chi connectivity index (χ4v) is 2.45. The van der Waals surface area contributed by atoms with E-state index in [4.69, 9.17) is 9.47 Å². The summed E-state index contributed by atoms with van der Waals surface area (Å²) in [6, 6.07) is 5.72. The van der Waals surface area contributed by atoms with Crippen LogP contribution in [0, 0.1) is 6.92 Å². The van der Waals surface area contributed by atoms with Crippen LogP contribution in [0.25, 0.3) is 0 Å². The van der Waals surface area contributed by atoms with Crippen molar-refractivity contribution in [2.75, 3.05) is 18.5 Å². The Kier molecular flexibility index (Phi) is 8.10. The molecule has 0 aromatic heterocycles. The number of anilines is 1. The standard InChI is InChI=1S/C19H31NO3/c1-6-9-12-19(5,23-8-3)18(21)20-16-10-11-17(15(4)14-16)22-13-7-2/h10-11,14H,6-9,12-13H2,1-5H3,(H,20,21)/t19-/m0/s1. The highest BCUT2D eigenvalue weighted by atomic mass is 16.5. The van der Waals surface area contributed by atoms with Crippen LogP contribution in [0.2, 0.25) is 0 Å². The van der Waals surface area contributed by atoms with Crippen LogP contribution in [-0.2, 0) is 9.53 Å². The molecule has 23 heavy (non-hydrogen) atoms. The molecule has 130 valence electrons. The number of nitrogens with one attached hydrogen (secondary N) is 1. The van der Waals surface area contributed by atoms with Crippen molar-refractivity contribution in [1.82, 2.24) is 0 Å². The number of unbranched alkanes of at least 4 members (excludes halogenated alkanes) is 1. The molecule has 1 amide bonds. The number of hydrogen-bond donors (Lipinski definition) is 1. The van der Waals surface area contributed by atoms with E-state index in [0.29, 0.717) is 13.2 Å². The Morgan fingerprint density at radius 3 is 2.52 bits per heavy atom. The summed E-state index contributed by atoms with van der Waals surface area (Å²) in [6.07, 6.45) is 3.70. The van der Waals surface area contributed by atoms with E-state index in [0.717, 1.165) is 42.7 Å². The van der Waals surface area contributed by atoms with Crippen LogP contribution in [0.3, 0.4) is 0 Å². The van der Waals surface area contributed by atoms with Gasteiger partial charge in [-0.3, -0.25) is 4.79 Å². The van der Waals surface area contributed by atoms with Crippen LogP contribution in [0.4, 0.5) is 5.69 Å². The van der Waals surface area contributed by atoms with Gasteiger partial charge >= 0.3 is 0 Å². The maximum atomic E-state index is 12.6. The summed E-state index contributed by atoms with van der Waals surface area (Å²) in [4.78, 5) is 12.6. The Morgan fingerprint density at radius 2 is 1.96 bits per heavy atom. The normalized spacial score (nSPS) is 13.4. The molecular weight excluding hydrogens is 290 g/mol. The SMILES string of the molecule is CCCC[C@](C)(OCC)C(=O)Nc1ccc(OCCC)c(C)c1. The van der Waals surface area contributed by atoms with Gasteiger partial charge in [0.15, 0.2) is 0 Å². The molecule has 0 aliphatic carbocycles. The molecule has 0 saturated carbocycles. The van der Waals surface area contributed by atoms with Crippen molar-refractivity contribution in [3.8, 4) is 5.75 Å². The summed E-state index contributed by atoms with van der Waals surface area (Å²) in [5.74, 6) is 0.776. The number of rotatable bonds is 10. The van der Waals surface area contributed by atoms with E-state index in [1.807, 2.05) is 39.0 Å². The molecule has 0 spiro atoms. The molecule has 0 radical (unpaired) electrons. The molecule has 1 rings (SSSR count). The zero-order chi connectivity index (χ0) is 17.3. The van der Waals surface area contributed by atoms with Crippen molar-refractivity contribution < 1.29 is 14.3 Å². The van der Waals surface area contributed by atoms with E-state index in [9.17, 15) is 4.79 Å². The molecule has 0 aliphatic heterocycles. The molecule has 0 saturated heterocycles. The number of amides is 1. The second-order valence-electron chi connectivity index (χ2n) is 6.05. The Hall–Kier alpha value is -1.55. The van der Waals surface area contributed by atoms with Gasteiger partial charge in [0.1, 0.15) is 11.4 Å². The molecule has 4 heteroatoms. The topological polar surface area (TPSA) is 47.6 Å². The third kappa shape index (κ3) is 5.87. The van der Waals surface area contributed by atoms with Gasteiger partial charge in [-0.25, -0.2) is 0 Å². The predicted molar refractivity (Wildman–Crippen MR) is 95.2 cm³/mol. The lowest BCUT2D eigenvalue weighted by Gasteiger charge is -2.28. The lowest BCUT2D eigenvalue weighted by molar-refractivity contribution is -0.139. The highest BCUT2D eigenvalue weighted by Crippen LogP contribution is 2.25. The molecule has 1 aromatic rings. The van der Waals surface area contributed by atoms with Crippen molar-refractivity contribution in [2.45, 2.75) is 65.9 Å². The number of ether oxygens (including phenoxy) is 2. The first-order chi connectivity index (χ1) is 11.0. The first-order valence-electron chi connectivity index (χ1n) is 8.65. The molecule has 0 bridgehead atoms. The first kappa shape index (κ1) is 19.5. The minimum Gasteiger partial charge on any atom is -0.493 e. The zero-order valence-electron chi connectivity index (χ0n) is 15.2. The van der Waals surface area contributed by atoms with E-state index in [-0.39, 0.29) is 5.91 Å². The van der Waals surface area contributed by atoms with E-state index < -0.39 is 5.60 Å². The molecule has 0 unspecified atom stereocenters. The fraction of sp³-hybridized carbons (Fsp3) is 0.632. The number of benzene rings is 1. The molecule has 1 N–H and O–H groups in total. The van der Waals surface area contributed by atoms with Gasteiger partial charge in [-0.2, -0.15) is 0 Å². The average Bonchev–Trinajstić information content (AvgIpc) is 2.52. The lowest BCUT2D eigenvalue weighted by atomic mass is 9.97. The highest BCUT2D eigenvalue weighted by molar-refractivity contribution is 5.97. The van der Waals surface area contributed by atoms with Crippen LogP contribution in [0.1, 0.15) is 58.9 Å². The highest BCUT2D eigenvalue weighted by Gasteiger charge is 2.33. The van der Waals surface area contributed by atoms with Crippen LogP contribution in [0.5, 0.6) is 5.75 Å². The average molecular weight is 321 g/mol. The minimum absolute atomic E-state index is 0.0885. The van der Waals surface area contributed by atoms with Crippen molar-refractivity contribution in [2.24, 2.45) is 0 Å². The number of aryl methyl sites for hydroxylation is 1. The Labute approximate surface area is 140 Å². The molecule has 1 atom stereocenters. The van der Waals surface area contributed by atoms with Crippen LogP contribution in [0.15, 0.2) is 18.2 Å². The summed E-state index contributed by atoms with van der Waals surface area (Å²) in [5.41, 5.74) is 1.01. The predicted octanol–water partition coefficient (Wildman–Crippen LogP) is 4.71. The van der Waals surface area contributed by atoms with E-state index in [1.165, 1.54) is 0 Å². The summed E-state index contributed by atoms with van der Waals surface area (Å²) >= 11 is 0. The van der Waals surface area contributed by atoms with Gasteiger partial charge in [-0.05, 0) is 57.4 Å². The molecule has 0 heterocycles. The van der Waals surface area contributed by atoms with E-state index in [1.54, 1.807) is 0 Å². The second-order valence-corrected chi connectivity index (χ2v) is 6.05. The summed E-state index contributed by atoms with van der Waals surface area (Å²) in [7, 11) is 0. The third-order valence-corrected chi connectivity index (χ3v) is 3.85. The van der Waals surface area contributed by atoms with Gasteiger partial charge in [-0.1, -0.05) is 26.7 Å². The summed E-state index contributed by atoms with van der Waals surface area (Å²) in [6.45, 7) is 11.2. The monoisotopic (exact) mass is 321 g/mol. The first-order valence-corrected chi connectivity index (χ1v) is 8.65. The van der Waals surface area contributed by atoms with Crippen LogP contribution >= 0.6 is 0 Å². The van der Waals surface area contributed by atoms with Crippen molar-refractivity contribution in [3.63, 3.8) is 0 Å². The fourth-order valence-electron chi connectivity index (χ4n) is 2.45. The van der Waals surface area contributed by atoms with Gasteiger partial charge in [0.05, 0.1) is 6.61 Å². The summed E-state index contributed by atoms with van der Waals surface area (Å²) < 4.78 is 11.4. The van der Waals surface area contributed by atoms with Crippen LogP contribution < -0.4 is 10.1 Å². The molecule has 0 aliphatic rings.